The molecule has 0 unspecified atom stereocenters. The van der Waals surface area contributed by atoms with Gasteiger partial charge < -0.3 is 10.8 Å². The zero-order valence-corrected chi connectivity index (χ0v) is 12.5. The zero-order chi connectivity index (χ0) is 14.8. The number of aryl methyl sites for hydroxylation is 1. The number of amides is 1. The van der Waals surface area contributed by atoms with Crippen LogP contribution < -0.4 is 5.73 Å². The summed E-state index contributed by atoms with van der Waals surface area (Å²) in [5, 5.41) is 9.96. The molecule has 1 amide bonds. The van der Waals surface area contributed by atoms with Gasteiger partial charge in [-0.1, -0.05) is 64.0 Å². The minimum absolute atomic E-state index is 0.0583. The molecule has 0 saturated carbocycles. The molecule has 1 aromatic rings. The first kappa shape index (κ1) is 16.5. The molecule has 3 nitrogen and oxygen atoms in total. The summed E-state index contributed by atoms with van der Waals surface area (Å²) in [6.07, 6.45) is 10.9. The largest absolute Gasteiger partial charge is 0.507 e. The molecular formula is C17H27NO2. The number of nitrogens with two attached hydrogens (primary N) is 1. The van der Waals surface area contributed by atoms with Crippen molar-refractivity contribution in [2.75, 3.05) is 0 Å². The third-order valence-corrected chi connectivity index (χ3v) is 3.68. The Balaban J connectivity index is 2.25. The van der Waals surface area contributed by atoms with Crippen LogP contribution in [-0.4, -0.2) is 11.0 Å². The standard InChI is InChI=1S/C17H27NO2/c1-2-3-4-5-6-7-8-9-11-14-12-10-13-15(16(14)19)17(18)20/h10,12-13,19H,2-9,11H2,1H3,(H2,18,20). The lowest BCUT2D eigenvalue weighted by atomic mass is 10.0. The van der Waals surface area contributed by atoms with Crippen LogP contribution in [0.15, 0.2) is 18.2 Å². The van der Waals surface area contributed by atoms with Crippen molar-refractivity contribution in [3.8, 4) is 5.75 Å². The van der Waals surface area contributed by atoms with E-state index in [9.17, 15) is 9.90 Å². The molecule has 0 radical (unpaired) electrons. The molecule has 0 saturated heterocycles. The summed E-state index contributed by atoms with van der Waals surface area (Å²) in [7, 11) is 0. The van der Waals surface area contributed by atoms with Crippen LogP contribution in [0.5, 0.6) is 5.75 Å². The SMILES string of the molecule is CCCCCCCCCCc1cccc(C(N)=O)c1O. The Morgan fingerprint density at radius 1 is 1.05 bits per heavy atom. The van der Waals surface area contributed by atoms with E-state index in [4.69, 9.17) is 5.73 Å². The number of aromatic hydroxyl groups is 1. The van der Waals surface area contributed by atoms with Crippen molar-refractivity contribution in [1.29, 1.82) is 0 Å². The number of phenols is 1. The first-order valence-electron chi connectivity index (χ1n) is 7.77. The molecule has 3 N–H and O–H groups in total. The predicted molar refractivity (Wildman–Crippen MR) is 82.9 cm³/mol. The van der Waals surface area contributed by atoms with Crippen molar-refractivity contribution in [3.63, 3.8) is 0 Å². The van der Waals surface area contributed by atoms with E-state index >= 15 is 0 Å². The Bertz CT molecular complexity index is 415. The van der Waals surface area contributed by atoms with Gasteiger partial charge in [-0.3, -0.25) is 4.79 Å². The van der Waals surface area contributed by atoms with Gasteiger partial charge in [-0.05, 0) is 24.5 Å². The maximum atomic E-state index is 11.1. The molecule has 0 fully saturated rings. The monoisotopic (exact) mass is 277 g/mol. The van der Waals surface area contributed by atoms with Gasteiger partial charge in [-0.2, -0.15) is 0 Å². The van der Waals surface area contributed by atoms with E-state index in [2.05, 4.69) is 6.92 Å². The average molecular weight is 277 g/mol. The van der Waals surface area contributed by atoms with Crippen molar-refractivity contribution in [1.82, 2.24) is 0 Å². The fourth-order valence-electron chi connectivity index (χ4n) is 2.44. The van der Waals surface area contributed by atoms with Crippen molar-refractivity contribution in [3.05, 3.63) is 29.3 Å². The van der Waals surface area contributed by atoms with Gasteiger partial charge in [-0.25, -0.2) is 0 Å². The second-order valence-corrected chi connectivity index (χ2v) is 5.40. The van der Waals surface area contributed by atoms with Crippen LogP contribution in [0.25, 0.3) is 0 Å². The molecule has 0 heterocycles. The van der Waals surface area contributed by atoms with E-state index in [1.165, 1.54) is 44.9 Å². The lowest BCUT2D eigenvalue weighted by Crippen LogP contribution is -2.11. The number of carbonyl (C=O) groups is 1. The van der Waals surface area contributed by atoms with Gasteiger partial charge in [0.2, 0.25) is 0 Å². The highest BCUT2D eigenvalue weighted by molar-refractivity contribution is 5.95. The number of hydrogen-bond acceptors (Lipinski definition) is 2. The Morgan fingerprint density at radius 3 is 2.25 bits per heavy atom. The molecule has 1 rings (SSSR count). The van der Waals surface area contributed by atoms with E-state index in [1.807, 2.05) is 6.07 Å². The second-order valence-electron chi connectivity index (χ2n) is 5.40. The van der Waals surface area contributed by atoms with E-state index in [0.29, 0.717) is 0 Å². The second kappa shape index (κ2) is 9.40. The highest BCUT2D eigenvalue weighted by atomic mass is 16.3. The maximum absolute atomic E-state index is 11.1. The molecule has 0 bridgehead atoms. The van der Waals surface area contributed by atoms with Gasteiger partial charge in [0, 0.05) is 0 Å². The number of hydrogen-bond donors (Lipinski definition) is 2. The maximum Gasteiger partial charge on any atom is 0.252 e. The molecule has 0 spiro atoms. The van der Waals surface area contributed by atoms with Crippen molar-refractivity contribution < 1.29 is 9.90 Å². The van der Waals surface area contributed by atoms with Crippen LogP contribution in [0.2, 0.25) is 0 Å². The van der Waals surface area contributed by atoms with Crippen LogP contribution in [0.1, 0.15) is 74.2 Å². The molecule has 0 aromatic heterocycles. The van der Waals surface area contributed by atoms with Gasteiger partial charge in [0.1, 0.15) is 5.75 Å². The lowest BCUT2D eigenvalue weighted by molar-refractivity contribution is 0.0997. The summed E-state index contributed by atoms with van der Waals surface area (Å²) in [6, 6.07) is 5.21. The Hall–Kier alpha value is -1.51. The van der Waals surface area contributed by atoms with Crippen molar-refractivity contribution in [2.24, 2.45) is 5.73 Å². The number of carbonyl (C=O) groups excluding carboxylic acids is 1. The summed E-state index contributed by atoms with van der Waals surface area (Å²) < 4.78 is 0. The molecule has 1 aromatic carbocycles. The molecule has 3 heteroatoms. The van der Waals surface area contributed by atoms with E-state index in [1.54, 1.807) is 12.1 Å². The van der Waals surface area contributed by atoms with Crippen molar-refractivity contribution in [2.45, 2.75) is 64.7 Å². The highest BCUT2D eigenvalue weighted by Gasteiger charge is 2.10. The minimum Gasteiger partial charge on any atom is -0.507 e. The Morgan fingerprint density at radius 2 is 1.65 bits per heavy atom. The number of para-hydroxylation sites is 1. The first-order chi connectivity index (χ1) is 9.66. The van der Waals surface area contributed by atoms with Crippen LogP contribution in [0.4, 0.5) is 0 Å². The normalized spacial score (nSPS) is 10.7. The van der Waals surface area contributed by atoms with Crippen LogP contribution in [0, 0.1) is 0 Å². The number of rotatable bonds is 10. The van der Waals surface area contributed by atoms with E-state index in [-0.39, 0.29) is 11.3 Å². The molecule has 0 aliphatic heterocycles. The van der Waals surface area contributed by atoms with Gasteiger partial charge in [-0.15, -0.1) is 0 Å². The third kappa shape index (κ3) is 5.64. The van der Waals surface area contributed by atoms with Crippen molar-refractivity contribution >= 4 is 5.91 Å². The van der Waals surface area contributed by atoms with Crippen LogP contribution in [0.3, 0.4) is 0 Å². The average Bonchev–Trinajstić information content (AvgIpc) is 2.43. The molecule has 20 heavy (non-hydrogen) atoms. The first-order valence-corrected chi connectivity index (χ1v) is 7.77. The van der Waals surface area contributed by atoms with Gasteiger partial charge in [0.25, 0.3) is 5.91 Å². The molecule has 0 aliphatic carbocycles. The third-order valence-electron chi connectivity index (χ3n) is 3.68. The summed E-state index contributed by atoms with van der Waals surface area (Å²) in [4.78, 5) is 11.1. The number of unbranched alkanes of at least 4 members (excludes halogenated alkanes) is 7. The summed E-state index contributed by atoms with van der Waals surface area (Å²) in [5.41, 5.74) is 6.27. The fourth-order valence-corrected chi connectivity index (χ4v) is 2.44. The predicted octanol–water partition coefficient (Wildman–Crippen LogP) is 4.17. The Kier molecular flexibility index (Phi) is 7.78. The van der Waals surface area contributed by atoms with E-state index in [0.717, 1.165) is 18.4 Å². The minimum atomic E-state index is -0.569. The lowest BCUT2D eigenvalue weighted by Gasteiger charge is -2.07. The molecule has 0 atom stereocenters. The fraction of sp³-hybridized carbons (Fsp3) is 0.588. The Labute approximate surface area is 122 Å². The smallest absolute Gasteiger partial charge is 0.252 e. The van der Waals surface area contributed by atoms with Crippen LogP contribution >= 0.6 is 0 Å². The van der Waals surface area contributed by atoms with Gasteiger partial charge in [0.05, 0.1) is 5.56 Å². The van der Waals surface area contributed by atoms with Gasteiger partial charge in [0.15, 0.2) is 0 Å². The topological polar surface area (TPSA) is 63.3 Å². The van der Waals surface area contributed by atoms with Gasteiger partial charge >= 0.3 is 0 Å². The zero-order valence-electron chi connectivity index (χ0n) is 12.5. The molecular weight excluding hydrogens is 250 g/mol. The number of benzene rings is 1. The summed E-state index contributed by atoms with van der Waals surface area (Å²) in [6.45, 7) is 2.23. The van der Waals surface area contributed by atoms with Crippen LogP contribution in [-0.2, 0) is 6.42 Å². The molecule has 0 aliphatic rings. The summed E-state index contributed by atoms with van der Waals surface area (Å²) in [5.74, 6) is -0.511. The highest BCUT2D eigenvalue weighted by Crippen LogP contribution is 2.24. The molecule has 112 valence electrons. The van der Waals surface area contributed by atoms with E-state index < -0.39 is 5.91 Å². The quantitative estimate of drug-likeness (QED) is 0.630. The summed E-state index contributed by atoms with van der Waals surface area (Å²) >= 11 is 0. The number of primary amides is 1.